The average molecular weight is 534 g/mol. The summed E-state index contributed by atoms with van der Waals surface area (Å²) in [5.41, 5.74) is 0.909. The molecule has 3 heterocycles. The monoisotopic (exact) mass is 533 g/mol. The minimum Gasteiger partial charge on any atom is -0.452 e. The van der Waals surface area contributed by atoms with Gasteiger partial charge in [0.1, 0.15) is 6.73 Å². The van der Waals surface area contributed by atoms with E-state index in [2.05, 4.69) is 25.4 Å². The lowest BCUT2D eigenvalue weighted by molar-refractivity contribution is 0.0659. The lowest BCUT2D eigenvalue weighted by atomic mass is 10.2. The van der Waals surface area contributed by atoms with Crippen LogP contribution in [-0.2, 0) is 18.5 Å². The first-order valence-electron chi connectivity index (χ1n) is 11.1. The van der Waals surface area contributed by atoms with Crippen molar-refractivity contribution in [2.45, 2.75) is 33.1 Å². The highest BCUT2D eigenvalue weighted by molar-refractivity contribution is 7.97. The zero-order chi connectivity index (χ0) is 26.1. The van der Waals surface area contributed by atoms with Gasteiger partial charge in [0.05, 0.1) is 6.20 Å². The van der Waals surface area contributed by atoms with Crippen LogP contribution in [0, 0.1) is 0 Å². The van der Waals surface area contributed by atoms with Gasteiger partial charge in [-0.15, -0.1) is 5.10 Å². The average Bonchev–Trinajstić information content (AvgIpc) is 3.49. The maximum atomic E-state index is 12.3. The molecule has 4 aromatic rings. The van der Waals surface area contributed by atoms with Crippen molar-refractivity contribution in [3.8, 4) is 28.9 Å². The quantitative estimate of drug-likeness (QED) is 0.288. The Labute approximate surface area is 217 Å². The van der Waals surface area contributed by atoms with Crippen LogP contribution in [0.2, 0.25) is 5.02 Å². The van der Waals surface area contributed by atoms with Crippen LogP contribution < -0.4 is 10.3 Å². The Morgan fingerprint density at radius 3 is 2.67 bits per heavy atom. The summed E-state index contributed by atoms with van der Waals surface area (Å²) in [6.45, 7) is 4.41. The molecule has 11 nitrogen and oxygen atoms in total. The molecule has 0 aliphatic heterocycles. The number of ether oxygens (including phenoxy) is 2. The Morgan fingerprint density at radius 1 is 1.19 bits per heavy atom. The van der Waals surface area contributed by atoms with E-state index in [1.807, 2.05) is 25.5 Å². The van der Waals surface area contributed by atoms with Crippen molar-refractivity contribution < 1.29 is 14.0 Å². The Hall–Kier alpha value is -3.22. The van der Waals surface area contributed by atoms with Crippen molar-refractivity contribution >= 4 is 23.4 Å². The van der Waals surface area contributed by atoms with Crippen molar-refractivity contribution in [1.29, 1.82) is 0 Å². The van der Waals surface area contributed by atoms with Crippen LogP contribution in [0.15, 0.2) is 45.8 Å². The predicted molar refractivity (Wildman–Crippen MR) is 138 cm³/mol. The minimum absolute atomic E-state index is 0.0967. The van der Waals surface area contributed by atoms with Crippen molar-refractivity contribution in [2.24, 2.45) is 7.05 Å². The summed E-state index contributed by atoms with van der Waals surface area (Å²) in [7, 11) is 1.72. The maximum absolute atomic E-state index is 12.3. The molecular formula is C23H28ClN7O4S. The zero-order valence-corrected chi connectivity index (χ0v) is 22.3. The molecule has 0 bridgehead atoms. The highest BCUT2D eigenvalue weighted by Gasteiger charge is 2.21. The lowest BCUT2D eigenvalue weighted by Gasteiger charge is -2.10. The topological polar surface area (TPSA) is 123 Å². The number of halogens is 1. The van der Waals surface area contributed by atoms with Crippen LogP contribution in [0.3, 0.4) is 0 Å². The molecule has 192 valence electrons. The molecule has 0 spiro atoms. The van der Waals surface area contributed by atoms with Gasteiger partial charge in [-0.3, -0.25) is 9.36 Å². The Balaban J connectivity index is 0.00000115. The summed E-state index contributed by atoms with van der Waals surface area (Å²) in [6.07, 6.45) is 5.91. The van der Waals surface area contributed by atoms with Gasteiger partial charge in [-0.25, -0.2) is 4.68 Å². The van der Waals surface area contributed by atoms with Crippen molar-refractivity contribution in [3.63, 3.8) is 0 Å². The van der Waals surface area contributed by atoms with Crippen molar-refractivity contribution in [3.05, 3.63) is 57.7 Å². The SMILES string of the molecule is CCCOCn1ncc(-c2nnc(OC(C)c3noc(-c4cccc(Cl)c4)n3)n2C)cc1=O.CSC. The first kappa shape index (κ1) is 27.4. The normalized spacial score (nSPS) is 11.6. The van der Waals surface area contributed by atoms with Gasteiger partial charge in [-0.1, -0.05) is 34.8 Å². The lowest BCUT2D eigenvalue weighted by Crippen LogP contribution is -2.23. The second-order valence-electron chi connectivity index (χ2n) is 7.62. The van der Waals surface area contributed by atoms with Crippen LogP contribution >= 0.6 is 23.4 Å². The zero-order valence-electron chi connectivity index (χ0n) is 20.7. The number of benzene rings is 1. The summed E-state index contributed by atoms with van der Waals surface area (Å²) in [6, 6.07) is 8.77. The number of thioether (sulfide) groups is 1. The van der Waals surface area contributed by atoms with E-state index in [9.17, 15) is 4.79 Å². The third-order valence-electron chi connectivity index (χ3n) is 4.68. The van der Waals surface area contributed by atoms with Crippen molar-refractivity contribution in [1.82, 2.24) is 34.7 Å². The smallest absolute Gasteiger partial charge is 0.317 e. The van der Waals surface area contributed by atoms with Gasteiger partial charge in [-0.05, 0) is 44.1 Å². The molecule has 1 unspecified atom stereocenters. The van der Waals surface area contributed by atoms with E-state index in [4.69, 9.17) is 25.6 Å². The predicted octanol–water partition coefficient (Wildman–Crippen LogP) is 4.25. The number of aromatic nitrogens is 7. The van der Waals surface area contributed by atoms with Crippen molar-refractivity contribution in [2.75, 3.05) is 19.1 Å². The second-order valence-corrected chi connectivity index (χ2v) is 8.87. The molecule has 36 heavy (non-hydrogen) atoms. The molecule has 13 heteroatoms. The minimum atomic E-state index is -0.570. The van der Waals surface area contributed by atoms with Gasteiger partial charge in [0.2, 0.25) is 5.82 Å². The standard InChI is InChI=1S/C21H22ClN7O4.C2H6S/c1-4-8-31-12-29-17(30)10-15(11-23-29)19-25-26-21(28(19)3)32-13(2)18-24-20(33-27-18)14-6-5-7-16(22)9-14;1-3-2/h5-7,9-11,13H,4,8,12H2,1-3H3;1-2H3. The molecule has 0 N–H and O–H groups in total. The van der Waals surface area contributed by atoms with E-state index < -0.39 is 6.10 Å². The Bertz CT molecular complexity index is 1320. The molecule has 0 radical (unpaired) electrons. The fourth-order valence-corrected chi connectivity index (χ4v) is 3.16. The number of nitrogens with zero attached hydrogens (tertiary/aromatic N) is 7. The molecule has 0 fully saturated rings. The number of hydrogen-bond acceptors (Lipinski definition) is 10. The summed E-state index contributed by atoms with van der Waals surface area (Å²) in [5.74, 6) is 1.10. The Kier molecular flexibility index (Phi) is 10.0. The van der Waals surface area contributed by atoms with Crippen LogP contribution in [0.25, 0.3) is 22.8 Å². The first-order chi connectivity index (χ1) is 17.4. The van der Waals surface area contributed by atoms with Crippen LogP contribution in [0.4, 0.5) is 0 Å². The maximum Gasteiger partial charge on any atom is 0.317 e. The second kappa shape index (κ2) is 13.2. The fourth-order valence-electron chi connectivity index (χ4n) is 2.97. The highest BCUT2D eigenvalue weighted by atomic mass is 35.5. The largest absolute Gasteiger partial charge is 0.452 e. The third kappa shape index (κ3) is 6.93. The molecule has 1 atom stereocenters. The summed E-state index contributed by atoms with van der Waals surface area (Å²) < 4.78 is 19.4. The molecule has 0 saturated heterocycles. The van der Waals surface area contributed by atoms with Crippen LogP contribution in [0.5, 0.6) is 6.01 Å². The van der Waals surface area contributed by atoms with E-state index in [-0.39, 0.29) is 18.3 Å². The summed E-state index contributed by atoms with van der Waals surface area (Å²) in [4.78, 5) is 16.7. The first-order valence-corrected chi connectivity index (χ1v) is 13.1. The third-order valence-corrected chi connectivity index (χ3v) is 4.92. The number of rotatable bonds is 9. The van der Waals surface area contributed by atoms with Crippen LogP contribution in [0.1, 0.15) is 32.2 Å². The van der Waals surface area contributed by atoms with Gasteiger partial charge < -0.3 is 14.0 Å². The van der Waals surface area contributed by atoms with Gasteiger partial charge in [0.15, 0.2) is 11.9 Å². The van der Waals surface area contributed by atoms with E-state index in [0.717, 1.165) is 6.42 Å². The molecule has 0 aliphatic rings. The Morgan fingerprint density at radius 2 is 1.97 bits per heavy atom. The van der Waals surface area contributed by atoms with Gasteiger partial charge in [0, 0.05) is 35.9 Å². The summed E-state index contributed by atoms with van der Waals surface area (Å²) in [5, 5.41) is 16.9. The molecule has 0 amide bonds. The molecular weight excluding hydrogens is 506 g/mol. The van der Waals surface area contributed by atoms with Crippen LogP contribution in [-0.4, -0.2) is 53.8 Å². The van der Waals surface area contributed by atoms with E-state index in [1.165, 1.54) is 16.9 Å². The van der Waals surface area contributed by atoms with E-state index in [0.29, 0.717) is 40.3 Å². The van der Waals surface area contributed by atoms with E-state index >= 15 is 0 Å². The van der Waals surface area contributed by atoms with E-state index in [1.54, 1.807) is 48.5 Å². The molecule has 1 aromatic carbocycles. The number of hydrogen-bond donors (Lipinski definition) is 0. The summed E-state index contributed by atoms with van der Waals surface area (Å²) >= 11 is 7.77. The molecule has 0 saturated carbocycles. The van der Waals surface area contributed by atoms with Gasteiger partial charge >= 0.3 is 6.01 Å². The molecule has 4 rings (SSSR count). The fraction of sp³-hybridized carbons (Fsp3) is 0.391. The van der Waals surface area contributed by atoms with Gasteiger partial charge in [-0.2, -0.15) is 21.8 Å². The molecule has 0 aliphatic carbocycles. The molecule has 3 aromatic heterocycles. The highest BCUT2D eigenvalue weighted by Crippen LogP contribution is 2.25. The van der Waals surface area contributed by atoms with Gasteiger partial charge in [0.25, 0.3) is 11.4 Å².